The SMILES string of the molecule is CCC(N)C(c1ccncc1)n1cnc2ccccc21. The number of benzene rings is 1. The molecule has 0 aliphatic carbocycles. The Labute approximate surface area is 118 Å². The largest absolute Gasteiger partial charge is 0.326 e. The van der Waals surface area contributed by atoms with Gasteiger partial charge in [0.15, 0.2) is 0 Å². The number of fused-ring (bicyclic) bond motifs is 1. The molecule has 2 aromatic heterocycles. The third kappa shape index (κ3) is 2.18. The van der Waals surface area contributed by atoms with Crippen LogP contribution in [0.5, 0.6) is 0 Å². The van der Waals surface area contributed by atoms with Gasteiger partial charge in [0.25, 0.3) is 0 Å². The molecular weight excluding hydrogens is 248 g/mol. The second kappa shape index (κ2) is 5.43. The van der Waals surface area contributed by atoms with E-state index in [-0.39, 0.29) is 12.1 Å². The van der Waals surface area contributed by atoms with Crippen molar-refractivity contribution in [2.24, 2.45) is 5.73 Å². The van der Waals surface area contributed by atoms with Gasteiger partial charge < -0.3 is 10.3 Å². The third-order valence-electron chi connectivity index (χ3n) is 3.71. The first-order valence-corrected chi connectivity index (χ1v) is 6.88. The maximum absolute atomic E-state index is 6.36. The quantitative estimate of drug-likeness (QED) is 0.790. The molecule has 0 saturated heterocycles. The number of rotatable bonds is 4. The standard InChI is InChI=1S/C16H18N4/c1-2-13(17)16(12-7-9-18-10-8-12)20-11-19-14-5-3-4-6-15(14)20/h3-11,13,16H,2,17H2,1H3. The minimum absolute atomic E-state index is 0.0370. The first-order chi connectivity index (χ1) is 9.81. The van der Waals surface area contributed by atoms with E-state index in [0.717, 1.165) is 23.0 Å². The molecule has 3 rings (SSSR count). The molecule has 0 fully saturated rings. The molecule has 0 radical (unpaired) electrons. The summed E-state index contributed by atoms with van der Waals surface area (Å²) >= 11 is 0. The Morgan fingerprint density at radius 3 is 2.65 bits per heavy atom. The molecule has 0 aliphatic heterocycles. The number of pyridine rings is 1. The van der Waals surface area contributed by atoms with Gasteiger partial charge >= 0.3 is 0 Å². The topological polar surface area (TPSA) is 56.7 Å². The Bertz CT molecular complexity index is 690. The molecule has 1 aromatic carbocycles. The van der Waals surface area contributed by atoms with Gasteiger partial charge in [-0.2, -0.15) is 0 Å². The molecule has 0 saturated carbocycles. The lowest BCUT2D eigenvalue weighted by Gasteiger charge is -2.25. The van der Waals surface area contributed by atoms with E-state index in [1.54, 1.807) is 0 Å². The van der Waals surface area contributed by atoms with Crippen LogP contribution in [-0.4, -0.2) is 20.6 Å². The molecule has 20 heavy (non-hydrogen) atoms. The van der Waals surface area contributed by atoms with Crippen LogP contribution in [0.25, 0.3) is 11.0 Å². The second-order valence-corrected chi connectivity index (χ2v) is 4.94. The summed E-state index contributed by atoms with van der Waals surface area (Å²) in [4.78, 5) is 8.56. The first kappa shape index (κ1) is 12.8. The Kier molecular flexibility index (Phi) is 3.48. The van der Waals surface area contributed by atoms with Crippen molar-refractivity contribution in [3.05, 3.63) is 60.7 Å². The number of imidazole rings is 1. The Balaban J connectivity index is 2.15. The van der Waals surface area contributed by atoms with Gasteiger partial charge in [0, 0.05) is 18.4 Å². The van der Waals surface area contributed by atoms with Crippen LogP contribution in [0.2, 0.25) is 0 Å². The van der Waals surface area contributed by atoms with Crippen molar-refractivity contribution in [1.29, 1.82) is 0 Å². The predicted molar refractivity (Wildman–Crippen MR) is 80.4 cm³/mol. The smallest absolute Gasteiger partial charge is 0.0964 e. The number of para-hydroxylation sites is 2. The number of nitrogens with two attached hydrogens (primary N) is 1. The summed E-state index contributed by atoms with van der Waals surface area (Å²) in [6.45, 7) is 2.11. The molecule has 2 heterocycles. The van der Waals surface area contributed by atoms with Gasteiger partial charge in [0.1, 0.15) is 0 Å². The molecule has 2 N–H and O–H groups in total. The van der Waals surface area contributed by atoms with Crippen LogP contribution < -0.4 is 5.73 Å². The maximum Gasteiger partial charge on any atom is 0.0964 e. The molecule has 0 aliphatic rings. The fourth-order valence-electron chi connectivity index (χ4n) is 2.60. The van der Waals surface area contributed by atoms with E-state index in [4.69, 9.17) is 5.73 Å². The monoisotopic (exact) mass is 266 g/mol. The van der Waals surface area contributed by atoms with Crippen LogP contribution >= 0.6 is 0 Å². The van der Waals surface area contributed by atoms with Crippen LogP contribution in [-0.2, 0) is 0 Å². The average molecular weight is 266 g/mol. The first-order valence-electron chi connectivity index (χ1n) is 6.88. The van der Waals surface area contributed by atoms with E-state index >= 15 is 0 Å². The van der Waals surface area contributed by atoms with Crippen LogP contribution in [0, 0.1) is 0 Å². The van der Waals surface area contributed by atoms with Crippen molar-refractivity contribution in [1.82, 2.24) is 14.5 Å². The van der Waals surface area contributed by atoms with E-state index in [0.29, 0.717) is 0 Å². The van der Waals surface area contributed by atoms with Crippen molar-refractivity contribution in [2.45, 2.75) is 25.4 Å². The molecule has 3 aromatic rings. The normalized spacial score (nSPS) is 14.3. The highest BCUT2D eigenvalue weighted by molar-refractivity contribution is 5.75. The summed E-state index contributed by atoms with van der Waals surface area (Å²) in [7, 11) is 0. The van der Waals surface area contributed by atoms with Gasteiger partial charge in [-0.05, 0) is 36.2 Å². The van der Waals surface area contributed by atoms with Crippen molar-refractivity contribution < 1.29 is 0 Å². The summed E-state index contributed by atoms with van der Waals surface area (Å²) in [5.41, 5.74) is 9.63. The van der Waals surface area contributed by atoms with E-state index in [2.05, 4.69) is 27.5 Å². The van der Waals surface area contributed by atoms with Crippen LogP contribution in [0.3, 0.4) is 0 Å². The van der Waals surface area contributed by atoms with Gasteiger partial charge in [0.05, 0.1) is 23.4 Å². The number of hydrogen-bond acceptors (Lipinski definition) is 3. The molecule has 4 heteroatoms. The highest BCUT2D eigenvalue weighted by Crippen LogP contribution is 2.26. The molecule has 2 atom stereocenters. The number of hydrogen-bond donors (Lipinski definition) is 1. The molecule has 102 valence electrons. The second-order valence-electron chi connectivity index (χ2n) is 4.94. The molecule has 2 unspecified atom stereocenters. The Morgan fingerprint density at radius 2 is 1.90 bits per heavy atom. The van der Waals surface area contributed by atoms with E-state index in [1.807, 2.05) is 49.1 Å². The third-order valence-corrected chi connectivity index (χ3v) is 3.71. The lowest BCUT2D eigenvalue weighted by atomic mass is 9.98. The summed E-state index contributed by atoms with van der Waals surface area (Å²) in [6.07, 6.45) is 6.40. The molecule has 0 bridgehead atoms. The summed E-state index contributed by atoms with van der Waals surface area (Å²) in [6, 6.07) is 12.3. The van der Waals surface area contributed by atoms with Crippen molar-refractivity contribution in [3.8, 4) is 0 Å². The highest BCUT2D eigenvalue weighted by atomic mass is 15.1. The van der Waals surface area contributed by atoms with Gasteiger partial charge in [0.2, 0.25) is 0 Å². The van der Waals surface area contributed by atoms with E-state index in [9.17, 15) is 0 Å². The molecule has 0 spiro atoms. The minimum Gasteiger partial charge on any atom is -0.326 e. The van der Waals surface area contributed by atoms with Crippen LogP contribution in [0.1, 0.15) is 24.9 Å². The zero-order valence-electron chi connectivity index (χ0n) is 11.5. The summed E-state index contributed by atoms with van der Waals surface area (Å²) in [5, 5.41) is 0. The fourth-order valence-corrected chi connectivity index (χ4v) is 2.60. The van der Waals surface area contributed by atoms with Crippen LogP contribution in [0.4, 0.5) is 0 Å². The fraction of sp³-hybridized carbons (Fsp3) is 0.250. The van der Waals surface area contributed by atoms with E-state index < -0.39 is 0 Å². The summed E-state index contributed by atoms with van der Waals surface area (Å²) < 4.78 is 2.17. The Hall–Kier alpha value is -2.20. The predicted octanol–water partition coefficient (Wildman–Crippen LogP) is 2.76. The highest BCUT2D eigenvalue weighted by Gasteiger charge is 2.21. The lowest BCUT2D eigenvalue weighted by Crippen LogP contribution is -2.32. The van der Waals surface area contributed by atoms with Gasteiger partial charge in [-0.15, -0.1) is 0 Å². The average Bonchev–Trinajstić information content (AvgIpc) is 2.92. The van der Waals surface area contributed by atoms with Gasteiger partial charge in [-0.3, -0.25) is 4.98 Å². The number of aromatic nitrogens is 3. The van der Waals surface area contributed by atoms with Crippen molar-refractivity contribution in [3.63, 3.8) is 0 Å². The Morgan fingerprint density at radius 1 is 1.15 bits per heavy atom. The van der Waals surface area contributed by atoms with Gasteiger partial charge in [-0.25, -0.2) is 4.98 Å². The van der Waals surface area contributed by atoms with Crippen molar-refractivity contribution in [2.75, 3.05) is 0 Å². The maximum atomic E-state index is 6.36. The zero-order chi connectivity index (χ0) is 13.9. The molecule has 0 amide bonds. The van der Waals surface area contributed by atoms with Crippen molar-refractivity contribution >= 4 is 11.0 Å². The number of nitrogens with zero attached hydrogens (tertiary/aromatic N) is 3. The van der Waals surface area contributed by atoms with Crippen LogP contribution in [0.15, 0.2) is 55.1 Å². The minimum atomic E-state index is 0.0370. The molecule has 4 nitrogen and oxygen atoms in total. The zero-order valence-corrected chi connectivity index (χ0v) is 11.5. The van der Waals surface area contributed by atoms with E-state index in [1.165, 1.54) is 0 Å². The molecular formula is C16H18N4. The lowest BCUT2D eigenvalue weighted by molar-refractivity contribution is 0.467. The summed E-state index contributed by atoms with van der Waals surface area (Å²) in [5.74, 6) is 0. The van der Waals surface area contributed by atoms with Gasteiger partial charge in [-0.1, -0.05) is 19.1 Å².